The van der Waals surface area contributed by atoms with Crippen molar-refractivity contribution in [1.82, 2.24) is 19.7 Å². The molecule has 11 heteroatoms. The van der Waals surface area contributed by atoms with Crippen LogP contribution in [0.25, 0.3) is 10.2 Å². The highest BCUT2D eigenvalue weighted by Gasteiger charge is 2.16. The second-order valence-corrected chi connectivity index (χ2v) is 8.64. The number of nitrogen functional groups attached to an aromatic ring is 1. The lowest BCUT2D eigenvalue weighted by molar-refractivity contribution is -0.116. The van der Waals surface area contributed by atoms with Gasteiger partial charge < -0.3 is 15.8 Å². The first-order valence-electron chi connectivity index (χ1n) is 9.76. The normalized spacial score (nSPS) is 10.9. The number of amides is 1. The van der Waals surface area contributed by atoms with Crippen molar-refractivity contribution >= 4 is 56.3 Å². The first-order valence-corrected chi connectivity index (χ1v) is 11.6. The summed E-state index contributed by atoms with van der Waals surface area (Å²) in [6.45, 7) is 2.02. The lowest BCUT2D eigenvalue weighted by Gasteiger charge is -2.07. The number of ether oxygens (including phenoxy) is 1. The van der Waals surface area contributed by atoms with Crippen molar-refractivity contribution in [3.05, 3.63) is 59.7 Å². The van der Waals surface area contributed by atoms with Crippen LogP contribution in [0.15, 0.2) is 53.7 Å². The summed E-state index contributed by atoms with van der Waals surface area (Å²) in [7, 11) is 0. The predicted octanol–water partition coefficient (Wildman–Crippen LogP) is 3.58. The number of hydrogen-bond acceptors (Lipinski definition) is 9. The Kier molecular flexibility index (Phi) is 6.66. The highest BCUT2D eigenvalue weighted by Crippen LogP contribution is 2.28. The summed E-state index contributed by atoms with van der Waals surface area (Å²) in [6.07, 6.45) is 0. The Bertz CT molecular complexity index is 1260. The Morgan fingerprint density at radius 2 is 2.00 bits per heavy atom. The van der Waals surface area contributed by atoms with E-state index in [0.717, 1.165) is 10.3 Å². The van der Waals surface area contributed by atoms with E-state index in [1.807, 2.05) is 30.3 Å². The molecule has 0 fully saturated rings. The Morgan fingerprint density at radius 1 is 1.19 bits per heavy atom. The van der Waals surface area contributed by atoms with Gasteiger partial charge in [0.2, 0.25) is 11.9 Å². The molecule has 0 saturated carbocycles. The topological polar surface area (TPSA) is 125 Å². The highest BCUT2D eigenvalue weighted by atomic mass is 32.2. The minimum absolute atomic E-state index is 0.0417. The highest BCUT2D eigenvalue weighted by molar-refractivity contribution is 7.98. The Labute approximate surface area is 192 Å². The van der Waals surface area contributed by atoms with Crippen molar-refractivity contribution < 1.29 is 14.3 Å². The summed E-state index contributed by atoms with van der Waals surface area (Å²) < 4.78 is 7.36. The molecule has 0 aliphatic heterocycles. The third kappa shape index (κ3) is 5.06. The number of benzene rings is 2. The number of aromatic nitrogens is 4. The smallest absolute Gasteiger partial charge is 0.338 e. The van der Waals surface area contributed by atoms with Gasteiger partial charge in [-0.2, -0.15) is 0 Å². The second-order valence-electron chi connectivity index (χ2n) is 6.67. The van der Waals surface area contributed by atoms with E-state index in [2.05, 4.69) is 20.5 Å². The van der Waals surface area contributed by atoms with Crippen molar-refractivity contribution in [2.24, 2.45) is 0 Å². The number of carbonyl (C=O) groups excluding carboxylic acids is 2. The van der Waals surface area contributed by atoms with Crippen LogP contribution in [0, 0.1) is 0 Å². The summed E-state index contributed by atoms with van der Waals surface area (Å²) in [6, 6.07) is 15.0. The van der Waals surface area contributed by atoms with Crippen LogP contribution < -0.4 is 11.1 Å². The van der Waals surface area contributed by atoms with Crippen LogP contribution in [0.2, 0.25) is 0 Å². The lowest BCUT2D eigenvalue weighted by atomic mass is 10.2. The third-order valence-corrected chi connectivity index (χ3v) is 6.38. The molecule has 0 aliphatic carbocycles. The number of rotatable bonds is 8. The Balaban J connectivity index is 1.43. The molecule has 0 spiro atoms. The molecule has 0 radical (unpaired) electrons. The van der Waals surface area contributed by atoms with E-state index in [1.54, 1.807) is 29.7 Å². The van der Waals surface area contributed by atoms with Gasteiger partial charge in [-0.15, -0.1) is 10.2 Å². The van der Waals surface area contributed by atoms with Gasteiger partial charge in [-0.1, -0.05) is 53.4 Å². The van der Waals surface area contributed by atoms with Crippen molar-refractivity contribution in [3.8, 4) is 0 Å². The molecule has 4 rings (SSSR count). The van der Waals surface area contributed by atoms with E-state index >= 15 is 0 Å². The number of thiazole rings is 1. The minimum Gasteiger partial charge on any atom is -0.462 e. The average Bonchev–Trinajstić information content (AvgIpc) is 3.35. The van der Waals surface area contributed by atoms with Crippen LogP contribution in [0.3, 0.4) is 0 Å². The van der Waals surface area contributed by atoms with E-state index in [9.17, 15) is 9.59 Å². The molecule has 2 aromatic carbocycles. The van der Waals surface area contributed by atoms with E-state index in [0.29, 0.717) is 33.7 Å². The molecule has 0 atom stereocenters. The number of nitrogens with zero attached hydrogens (tertiary/aromatic N) is 4. The van der Waals surface area contributed by atoms with E-state index in [1.165, 1.54) is 23.1 Å². The lowest BCUT2D eigenvalue weighted by Crippen LogP contribution is -2.20. The van der Waals surface area contributed by atoms with Crippen LogP contribution in [0.1, 0.15) is 22.8 Å². The molecule has 0 saturated heterocycles. The molecule has 0 unspecified atom stereocenters. The zero-order valence-electron chi connectivity index (χ0n) is 17.1. The van der Waals surface area contributed by atoms with Gasteiger partial charge in [0, 0.05) is 5.75 Å². The molecule has 32 heavy (non-hydrogen) atoms. The zero-order valence-corrected chi connectivity index (χ0v) is 18.8. The zero-order chi connectivity index (χ0) is 22.5. The van der Waals surface area contributed by atoms with Crippen LogP contribution in [0.4, 0.5) is 11.1 Å². The van der Waals surface area contributed by atoms with Gasteiger partial charge in [0.05, 0.1) is 22.4 Å². The van der Waals surface area contributed by atoms with Gasteiger partial charge in [0.25, 0.3) is 0 Å². The van der Waals surface area contributed by atoms with Crippen molar-refractivity contribution in [3.63, 3.8) is 0 Å². The monoisotopic (exact) mass is 468 g/mol. The van der Waals surface area contributed by atoms with Gasteiger partial charge in [-0.3, -0.25) is 9.36 Å². The van der Waals surface area contributed by atoms with Crippen LogP contribution in [-0.4, -0.2) is 38.2 Å². The van der Waals surface area contributed by atoms with Crippen molar-refractivity contribution in [2.75, 3.05) is 17.7 Å². The molecule has 1 amide bonds. The van der Waals surface area contributed by atoms with Gasteiger partial charge >= 0.3 is 5.97 Å². The molecule has 2 heterocycles. The summed E-state index contributed by atoms with van der Waals surface area (Å²) in [4.78, 5) is 29.0. The largest absolute Gasteiger partial charge is 0.462 e. The van der Waals surface area contributed by atoms with Crippen LogP contribution in [0.5, 0.6) is 0 Å². The van der Waals surface area contributed by atoms with Gasteiger partial charge in [-0.25, -0.2) is 9.78 Å². The summed E-state index contributed by atoms with van der Waals surface area (Å²) in [5, 5.41) is 11.7. The van der Waals surface area contributed by atoms with Crippen LogP contribution >= 0.6 is 23.1 Å². The summed E-state index contributed by atoms with van der Waals surface area (Å²) in [5.74, 6) is 0.153. The van der Waals surface area contributed by atoms with Crippen molar-refractivity contribution in [1.29, 1.82) is 0 Å². The Morgan fingerprint density at radius 3 is 2.78 bits per heavy atom. The minimum atomic E-state index is -0.392. The van der Waals surface area contributed by atoms with Gasteiger partial charge in [0.15, 0.2) is 10.3 Å². The molecule has 3 N–H and O–H groups in total. The quantitative estimate of drug-likeness (QED) is 0.297. The van der Waals surface area contributed by atoms with Gasteiger partial charge in [-0.05, 0) is 30.7 Å². The molecular weight excluding hydrogens is 448 g/mol. The maximum absolute atomic E-state index is 12.6. The summed E-state index contributed by atoms with van der Waals surface area (Å²) >= 11 is 2.73. The third-order valence-electron chi connectivity index (χ3n) is 4.40. The van der Waals surface area contributed by atoms with E-state index in [-0.39, 0.29) is 18.4 Å². The fraction of sp³-hybridized carbons (Fsp3) is 0.190. The predicted molar refractivity (Wildman–Crippen MR) is 125 cm³/mol. The fourth-order valence-corrected chi connectivity index (χ4v) is 4.72. The van der Waals surface area contributed by atoms with Gasteiger partial charge in [0.1, 0.15) is 6.54 Å². The number of thioether (sulfide) groups is 1. The number of hydrogen-bond donors (Lipinski definition) is 2. The number of carbonyl (C=O) groups is 2. The number of fused-ring (bicyclic) bond motifs is 1. The molecule has 164 valence electrons. The first kappa shape index (κ1) is 21.8. The van der Waals surface area contributed by atoms with Crippen molar-refractivity contribution in [2.45, 2.75) is 24.4 Å². The molecular formula is C21H20N6O3S2. The average molecular weight is 469 g/mol. The number of anilines is 2. The van der Waals surface area contributed by atoms with Crippen LogP contribution in [-0.2, 0) is 21.8 Å². The maximum atomic E-state index is 12.6. The molecule has 0 bridgehead atoms. The van der Waals surface area contributed by atoms with E-state index < -0.39 is 5.97 Å². The van der Waals surface area contributed by atoms with E-state index in [4.69, 9.17) is 10.5 Å². The SMILES string of the molecule is CCOC(=O)c1ccc2nc(NC(=O)Cn3c(N)nnc3SCc3ccccc3)sc2c1. The maximum Gasteiger partial charge on any atom is 0.338 e. The molecule has 0 aliphatic rings. The number of nitrogens with one attached hydrogen (secondary N) is 1. The molecule has 2 aromatic heterocycles. The summed E-state index contributed by atoms with van der Waals surface area (Å²) in [5.41, 5.74) is 8.18. The number of nitrogens with two attached hydrogens (primary N) is 1. The second kappa shape index (κ2) is 9.79. The number of esters is 1. The molecule has 9 nitrogen and oxygen atoms in total. The molecule has 4 aromatic rings. The Hall–Kier alpha value is -3.44. The first-order chi connectivity index (χ1) is 15.5. The standard InChI is InChI=1S/C21H20N6O3S2/c1-2-30-18(29)14-8-9-15-16(10-14)32-20(23-15)24-17(28)11-27-19(22)25-26-21(27)31-12-13-6-4-3-5-7-13/h3-10H,2,11-12H2,1H3,(H2,22,25)(H,23,24,28). The fourth-order valence-electron chi connectivity index (χ4n) is 2.90.